The Balaban J connectivity index is 2.77. The summed E-state index contributed by atoms with van der Waals surface area (Å²) in [5.41, 5.74) is 8.67. The molecule has 2 heteroatoms. The van der Waals surface area contributed by atoms with Gasteiger partial charge < -0.3 is 5.73 Å². The summed E-state index contributed by atoms with van der Waals surface area (Å²) in [6, 6.07) is 3.81. The summed E-state index contributed by atoms with van der Waals surface area (Å²) in [7, 11) is 0. The van der Waals surface area contributed by atoms with Crippen LogP contribution in [0.1, 0.15) is 36.5 Å². The van der Waals surface area contributed by atoms with Crippen LogP contribution in [-0.2, 0) is 6.42 Å². The number of aryl methyl sites for hydroxylation is 2. The summed E-state index contributed by atoms with van der Waals surface area (Å²) < 4.78 is 13.6. The van der Waals surface area contributed by atoms with Crippen LogP contribution in [0.25, 0.3) is 0 Å². The molecule has 0 spiro atoms. The predicted molar refractivity (Wildman–Crippen MR) is 62.5 cm³/mol. The Morgan fingerprint density at radius 3 is 2.53 bits per heavy atom. The third-order valence-corrected chi connectivity index (χ3v) is 2.85. The van der Waals surface area contributed by atoms with Crippen molar-refractivity contribution in [3.8, 4) is 0 Å². The highest BCUT2D eigenvalue weighted by molar-refractivity contribution is 5.32. The molecule has 0 radical (unpaired) electrons. The summed E-state index contributed by atoms with van der Waals surface area (Å²) in [6.45, 7) is 5.93. The summed E-state index contributed by atoms with van der Waals surface area (Å²) >= 11 is 0. The second kappa shape index (κ2) is 5.26. The van der Waals surface area contributed by atoms with Crippen molar-refractivity contribution in [2.45, 2.75) is 46.1 Å². The van der Waals surface area contributed by atoms with E-state index in [0.717, 1.165) is 36.0 Å². The molecular weight excluding hydrogens is 189 g/mol. The van der Waals surface area contributed by atoms with Gasteiger partial charge in [0.25, 0.3) is 0 Å². The minimum absolute atomic E-state index is 0.0872. The monoisotopic (exact) mass is 209 g/mol. The zero-order chi connectivity index (χ0) is 11.4. The van der Waals surface area contributed by atoms with Gasteiger partial charge in [0.15, 0.2) is 0 Å². The lowest BCUT2D eigenvalue weighted by Crippen LogP contribution is -2.19. The van der Waals surface area contributed by atoms with Gasteiger partial charge >= 0.3 is 0 Å². The van der Waals surface area contributed by atoms with E-state index in [1.54, 1.807) is 6.07 Å². The Hall–Kier alpha value is -0.890. The quantitative estimate of drug-likeness (QED) is 0.810. The number of nitrogens with two attached hydrogens (primary N) is 1. The molecular formula is C13H20FN. The van der Waals surface area contributed by atoms with Gasteiger partial charge in [0.2, 0.25) is 0 Å². The highest BCUT2D eigenvalue weighted by atomic mass is 19.1. The van der Waals surface area contributed by atoms with E-state index >= 15 is 0 Å². The van der Waals surface area contributed by atoms with Crippen LogP contribution in [0.4, 0.5) is 4.39 Å². The first kappa shape index (κ1) is 12.2. The largest absolute Gasteiger partial charge is 0.328 e. The van der Waals surface area contributed by atoms with Gasteiger partial charge in [-0.05, 0) is 55.9 Å². The Morgan fingerprint density at radius 1 is 1.33 bits per heavy atom. The van der Waals surface area contributed by atoms with Crippen molar-refractivity contribution >= 4 is 0 Å². The lowest BCUT2D eigenvalue weighted by Gasteiger charge is -2.11. The zero-order valence-corrected chi connectivity index (χ0v) is 9.81. The molecule has 0 aliphatic heterocycles. The maximum atomic E-state index is 13.6. The minimum atomic E-state index is -0.0872. The molecule has 0 heterocycles. The molecule has 1 aromatic carbocycles. The molecule has 0 amide bonds. The van der Waals surface area contributed by atoms with Crippen LogP contribution in [-0.4, -0.2) is 6.04 Å². The van der Waals surface area contributed by atoms with E-state index in [-0.39, 0.29) is 11.9 Å². The van der Waals surface area contributed by atoms with E-state index in [9.17, 15) is 4.39 Å². The summed E-state index contributed by atoms with van der Waals surface area (Å²) in [5, 5.41) is 0. The van der Waals surface area contributed by atoms with Gasteiger partial charge in [-0.1, -0.05) is 13.0 Å². The fraction of sp³-hybridized carbons (Fsp3) is 0.538. The topological polar surface area (TPSA) is 26.0 Å². The fourth-order valence-corrected chi connectivity index (χ4v) is 1.80. The normalized spacial score (nSPS) is 12.9. The standard InChI is InChI=1S/C13H20FN/c1-4-11(15)5-6-12-10(3)7-9(2)8-13(12)14/h7-8,11H,4-6,15H2,1-3H3. The van der Waals surface area contributed by atoms with E-state index in [4.69, 9.17) is 5.73 Å². The Bertz CT molecular complexity index is 310. The van der Waals surface area contributed by atoms with Crippen LogP contribution in [0.15, 0.2) is 12.1 Å². The molecule has 2 N–H and O–H groups in total. The molecule has 0 aliphatic rings. The van der Waals surface area contributed by atoms with Gasteiger partial charge in [-0.3, -0.25) is 0 Å². The molecule has 0 bridgehead atoms. The molecule has 0 saturated heterocycles. The van der Waals surface area contributed by atoms with Crippen molar-refractivity contribution in [1.29, 1.82) is 0 Å². The van der Waals surface area contributed by atoms with Gasteiger partial charge in [-0.2, -0.15) is 0 Å². The average molecular weight is 209 g/mol. The van der Waals surface area contributed by atoms with Gasteiger partial charge in [-0.15, -0.1) is 0 Å². The fourth-order valence-electron chi connectivity index (χ4n) is 1.80. The maximum absolute atomic E-state index is 13.6. The number of hydrogen-bond acceptors (Lipinski definition) is 1. The van der Waals surface area contributed by atoms with Crippen molar-refractivity contribution in [2.75, 3.05) is 0 Å². The molecule has 0 aromatic heterocycles. The maximum Gasteiger partial charge on any atom is 0.126 e. The molecule has 84 valence electrons. The van der Waals surface area contributed by atoms with Gasteiger partial charge in [0.05, 0.1) is 0 Å². The average Bonchev–Trinajstić information content (AvgIpc) is 2.15. The highest BCUT2D eigenvalue weighted by Gasteiger charge is 2.08. The lowest BCUT2D eigenvalue weighted by molar-refractivity contribution is 0.564. The number of hydrogen-bond donors (Lipinski definition) is 1. The van der Waals surface area contributed by atoms with Gasteiger partial charge in [-0.25, -0.2) is 4.39 Å². The van der Waals surface area contributed by atoms with Gasteiger partial charge in [0, 0.05) is 6.04 Å². The first-order valence-corrected chi connectivity index (χ1v) is 5.55. The summed E-state index contributed by atoms with van der Waals surface area (Å²) in [4.78, 5) is 0. The van der Waals surface area contributed by atoms with Crippen LogP contribution in [0.5, 0.6) is 0 Å². The molecule has 1 rings (SSSR count). The summed E-state index contributed by atoms with van der Waals surface area (Å²) in [6.07, 6.45) is 2.55. The van der Waals surface area contributed by atoms with Crippen molar-refractivity contribution in [3.63, 3.8) is 0 Å². The lowest BCUT2D eigenvalue weighted by atomic mass is 9.98. The van der Waals surface area contributed by atoms with Crippen LogP contribution < -0.4 is 5.73 Å². The summed E-state index contributed by atoms with van der Waals surface area (Å²) in [5.74, 6) is -0.0872. The highest BCUT2D eigenvalue weighted by Crippen LogP contribution is 2.18. The molecule has 1 nitrogen and oxygen atoms in total. The third kappa shape index (κ3) is 3.31. The van der Waals surface area contributed by atoms with Crippen LogP contribution in [0, 0.1) is 19.7 Å². The van der Waals surface area contributed by atoms with Gasteiger partial charge in [0.1, 0.15) is 5.82 Å². The number of rotatable bonds is 4. The van der Waals surface area contributed by atoms with Crippen LogP contribution >= 0.6 is 0 Å². The van der Waals surface area contributed by atoms with Crippen LogP contribution in [0.2, 0.25) is 0 Å². The Labute approximate surface area is 91.5 Å². The predicted octanol–water partition coefficient (Wildman–Crippen LogP) is 3.11. The van der Waals surface area contributed by atoms with E-state index in [2.05, 4.69) is 6.92 Å². The zero-order valence-electron chi connectivity index (χ0n) is 9.81. The molecule has 1 unspecified atom stereocenters. The van der Waals surface area contributed by atoms with E-state index in [0.29, 0.717) is 0 Å². The van der Waals surface area contributed by atoms with Crippen LogP contribution in [0.3, 0.4) is 0 Å². The SMILES string of the molecule is CCC(N)CCc1c(C)cc(C)cc1F. The number of halogens is 1. The molecule has 0 saturated carbocycles. The van der Waals surface area contributed by atoms with E-state index in [1.165, 1.54) is 0 Å². The second-order valence-corrected chi connectivity index (χ2v) is 4.25. The van der Waals surface area contributed by atoms with Crippen molar-refractivity contribution in [3.05, 3.63) is 34.6 Å². The molecule has 1 atom stereocenters. The Morgan fingerprint density at radius 2 is 2.00 bits per heavy atom. The third-order valence-electron chi connectivity index (χ3n) is 2.85. The molecule has 0 aliphatic carbocycles. The molecule has 0 fully saturated rings. The van der Waals surface area contributed by atoms with Crippen molar-refractivity contribution in [2.24, 2.45) is 5.73 Å². The van der Waals surface area contributed by atoms with E-state index in [1.807, 2.05) is 19.9 Å². The molecule has 15 heavy (non-hydrogen) atoms. The van der Waals surface area contributed by atoms with E-state index < -0.39 is 0 Å². The second-order valence-electron chi connectivity index (χ2n) is 4.25. The van der Waals surface area contributed by atoms with Crippen molar-refractivity contribution < 1.29 is 4.39 Å². The number of benzene rings is 1. The molecule has 1 aromatic rings. The minimum Gasteiger partial charge on any atom is -0.328 e. The Kier molecular flexibility index (Phi) is 4.28. The first-order valence-electron chi connectivity index (χ1n) is 5.55. The first-order chi connectivity index (χ1) is 7.04. The smallest absolute Gasteiger partial charge is 0.126 e. The van der Waals surface area contributed by atoms with Crippen molar-refractivity contribution in [1.82, 2.24) is 0 Å².